The summed E-state index contributed by atoms with van der Waals surface area (Å²) in [5.41, 5.74) is 0. The van der Waals surface area contributed by atoms with Crippen molar-refractivity contribution in [3.05, 3.63) is 11.9 Å². The Morgan fingerprint density at radius 1 is 1.00 bits per heavy atom. The van der Waals surface area contributed by atoms with Gasteiger partial charge in [-0.3, -0.25) is 14.6 Å². The summed E-state index contributed by atoms with van der Waals surface area (Å²) in [6.45, 7) is 8.14. The van der Waals surface area contributed by atoms with E-state index in [1.807, 2.05) is 6.92 Å². The van der Waals surface area contributed by atoms with Crippen LogP contribution in [-0.2, 0) is 9.53 Å². The number of rotatable bonds is 3. The second kappa shape index (κ2) is 7.88. The average molecular weight is 389 g/mol. The summed E-state index contributed by atoms with van der Waals surface area (Å²) in [4.78, 5) is 40.9. The molecule has 4 rings (SSSR count). The first-order valence-corrected chi connectivity index (χ1v) is 9.76. The third kappa shape index (κ3) is 3.88. The van der Waals surface area contributed by atoms with E-state index in [-0.39, 0.29) is 18.1 Å². The molecule has 1 aromatic rings. The molecule has 3 aliphatic rings. The smallest absolute Gasteiger partial charge is 0.325 e. The van der Waals surface area contributed by atoms with Crippen molar-refractivity contribution in [1.29, 1.82) is 0 Å². The van der Waals surface area contributed by atoms with E-state index < -0.39 is 0 Å². The number of amides is 3. The molecule has 0 radical (unpaired) electrons. The largest absolute Gasteiger partial charge is 0.378 e. The number of aryl methyl sites for hydroxylation is 1. The minimum Gasteiger partial charge on any atom is -0.378 e. The molecule has 1 N–H and O–H groups in total. The number of carbonyl (C=O) groups excluding carboxylic acids is 2. The summed E-state index contributed by atoms with van der Waals surface area (Å²) in [5, 5.41) is 2.91. The molecule has 0 saturated carbocycles. The van der Waals surface area contributed by atoms with Crippen LogP contribution in [0.2, 0.25) is 0 Å². The molecule has 10 heteroatoms. The van der Waals surface area contributed by atoms with Crippen molar-refractivity contribution in [2.45, 2.75) is 19.5 Å². The van der Waals surface area contributed by atoms with Crippen molar-refractivity contribution in [1.82, 2.24) is 25.1 Å². The Kier molecular flexibility index (Phi) is 5.31. The zero-order valence-electron chi connectivity index (χ0n) is 16.4. The van der Waals surface area contributed by atoms with Crippen LogP contribution in [0.1, 0.15) is 12.2 Å². The van der Waals surface area contributed by atoms with E-state index in [1.165, 1.54) is 7.05 Å². The highest BCUT2D eigenvalue weighted by Crippen LogP contribution is 2.22. The van der Waals surface area contributed by atoms with Gasteiger partial charge in [-0.1, -0.05) is 0 Å². The lowest BCUT2D eigenvalue weighted by Crippen LogP contribution is -2.62. The van der Waals surface area contributed by atoms with Gasteiger partial charge in [-0.25, -0.2) is 14.8 Å². The molecule has 152 valence electrons. The van der Waals surface area contributed by atoms with Gasteiger partial charge in [0.15, 0.2) is 0 Å². The van der Waals surface area contributed by atoms with E-state index in [0.717, 1.165) is 74.8 Å². The van der Waals surface area contributed by atoms with Gasteiger partial charge in [0.25, 0.3) is 0 Å². The first-order chi connectivity index (χ1) is 13.5. The van der Waals surface area contributed by atoms with Crippen molar-refractivity contribution in [3.8, 4) is 0 Å². The highest BCUT2D eigenvalue weighted by molar-refractivity contribution is 5.96. The van der Waals surface area contributed by atoms with E-state index >= 15 is 0 Å². The minimum atomic E-state index is -0.328. The van der Waals surface area contributed by atoms with Crippen molar-refractivity contribution >= 4 is 23.6 Å². The second-order valence-electron chi connectivity index (χ2n) is 7.38. The Balaban J connectivity index is 1.40. The van der Waals surface area contributed by atoms with Gasteiger partial charge in [0.2, 0.25) is 5.91 Å². The molecule has 1 aromatic heterocycles. The molecule has 0 aliphatic carbocycles. The first kappa shape index (κ1) is 18.9. The zero-order chi connectivity index (χ0) is 19.7. The monoisotopic (exact) mass is 389 g/mol. The minimum absolute atomic E-state index is 0.141. The number of ether oxygens (including phenoxy) is 1. The topological polar surface area (TPSA) is 94.1 Å². The predicted octanol–water partition coefficient (Wildman–Crippen LogP) is -0.359. The highest BCUT2D eigenvalue weighted by atomic mass is 16.5. The zero-order valence-corrected chi connectivity index (χ0v) is 16.4. The molecular weight excluding hydrogens is 362 g/mol. The Morgan fingerprint density at radius 3 is 2.21 bits per heavy atom. The van der Waals surface area contributed by atoms with Crippen molar-refractivity contribution in [2.24, 2.45) is 0 Å². The Bertz CT molecular complexity index is 727. The summed E-state index contributed by atoms with van der Waals surface area (Å²) in [6, 6.07) is 1.72. The molecule has 1 atom stereocenters. The molecule has 0 aromatic carbocycles. The molecule has 4 heterocycles. The van der Waals surface area contributed by atoms with Gasteiger partial charge in [0.1, 0.15) is 17.5 Å². The fraction of sp³-hybridized carbons (Fsp3) is 0.667. The molecule has 3 aliphatic heterocycles. The molecule has 3 saturated heterocycles. The van der Waals surface area contributed by atoms with E-state index in [0.29, 0.717) is 6.42 Å². The van der Waals surface area contributed by atoms with Gasteiger partial charge in [-0.15, -0.1) is 0 Å². The van der Waals surface area contributed by atoms with Gasteiger partial charge in [-0.05, 0) is 6.92 Å². The third-order valence-electron chi connectivity index (χ3n) is 5.56. The number of morpholine rings is 1. The van der Waals surface area contributed by atoms with Crippen molar-refractivity contribution in [2.75, 3.05) is 69.3 Å². The normalized spacial score (nSPS) is 24.5. The van der Waals surface area contributed by atoms with Crippen LogP contribution < -0.4 is 15.1 Å². The molecule has 10 nitrogen and oxygen atoms in total. The lowest BCUT2D eigenvalue weighted by molar-refractivity contribution is -0.130. The number of hydrogen-bond donors (Lipinski definition) is 1. The number of hydrogen-bond acceptors (Lipinski definition) is 8. The number of aromatic nitrogens is 2. The van der Waals surface area contributed by atoms with Gasteiger partial charge in [-0.2, -0.15) is 0 Å². The van der Waals surface area contributed by atoms with Gasteiger partial charge in [0.05, 0.1) is 25.8 Å². The van der Waals surface area contributed by atoms with Crippen LogP contribution in [0.3, 0.4) is 0 Å². The quantitative estimate of drug-likeness (QED) is 0.749. The van der Waals surface area contributed by atoms with Crippen LogP contribution in [0.15, 0.2) is 6.07 Å². The number of piperazine rings is 1. The highest BCUT2D eigenvalue weighted by Gasteiger charge is 2.34. The summed E-state index contributed by atoms with van der Waals surface area (Å²) < 4.78 is 5.43. The second-order valence-corrected chi connectivity index (χ2v) is 7.38. The summed E-state index contributed by atoms with van der Waals surface area (Å²) in [6.07, 6.45) is 0.0881. The molecule has 3 amide bonds. The van der Waals surface area contributed by atoms with Crippen molar-refractivity contribution < 1.29 is 14.3 Å². The maximum absolute atomic E-state index is 12.0. The van der Waals surface area contributed by atoms with E-state index in [2.05, 4.69) is 36.1 Å². The van der Waals surface area contributed by atoms with Crippen LogP contribution in [0, 0.1) is 6.92 Å². The fourth-order valence-electron chi connectivity index (χ4n) is 3.84. The molecule has 28 heavy (non-hydrogen) atoms. The Morgan fingerprint density at radius 2 is 1.61 bits per heavy atom. The van der Waals surface area contributed by atoms with Crippen LogP contribution in [0.5, 0.6) is 0 Å². The number of urea groups is 1. The number of anilines is 2. The number of carbonyl (C=O) groups is 2. The van der Waals surface area contributed by atoms with Crippen LogP contribution in [0.4, 0.5) is 16.4 Å². The standard InChI is InChI=1S/C18H27N7O3/c1-13-19-14(11-15(20-13)25-7-9-28-10-8-25)23-3-5-24(6-4-23)16-12-17(26)22(2)18(27)21-16/h11,16H,3-10,12H2,1-2H3,(H,21,27). The number of imide groups is 1. The predicted molar refractivity (Wildman–Crippen MR) is 103 cm³/mol. The maximum atomic E-state index is 12.0. The molecule has 0 bridgehead atoms. The van der Waals surface area contributed by atoms with E-state index in [9.17, 15) is 9.59 Å². The summed E-state index contributed by atoms with van der Waals surface area (Å²) >= 11 is 0. The summed E-state index contributed by atoms with van der Waals surface area (Å²) in [5.74, 6) is 2.49. The Labute approximate surface area is 164 Å². The molecule has 3 fully saturated rings. The van der Waals surface area contributed by atoms with Crippen LogP contribution >= 0.6 is 0 Å². The van der Waals surface area contributed by atoms with E-state index in [4.69, 9.17) is 4.74 Å². The molecule has 1 unspecified atom stereocenters. The van der Waals surface area contributed by atoms with Crippen LogP contribution in [-0.4, -0.2) is 97.4 Å². The first-order valence-electron chi connectivity index (χ1n) is 9.76. The van der Waals surface area contributed by atoms with Gasteiger partial charge < -0.3 is 19.9 Å². The SMILES string of the molecule is Cc1nc(N2CCOCC2)cc(N2CCN(C3CC(=O)N(C)C(=O)N3)CC2)n1. The molecular formula is C18H27N7O3. The number of nitrogens with zero attached hydrogens (tertiary/aromatic N) is 6. The lowest BCUT2D eigenvalue weighted by atomic mass is 10.2. The Hall–Kier alpha value is -2.46. The van der Waals surface area contributed by atoms with E-state index in [1.54, 1.807) is 0 Å². The van der Waals surface area contributed by atoms with Gasteiger partial charge >= 0.3 is 6.03 Å². The van der Waals surface area contributed by atoms with Crippen molar-refractivity contribution in [3.63, 3.8) is 0 Å². The maximum Gasteiger partial charge on any atom is 0.325 e. The third-order valence-corrected chi connectivity index (χ3v) is 5.56. The average Bonchev–Trinajstić information content (AvgIpc) is 2.72. The molecule has 0 spiro atoms. The van der Waals surface area contributed by atoms with Crippen LogP contribution in [0.25, 0.3) is 0 Å². The van der Waals surface area contributed by atoms with Gasteiger partial charge in [0, 0.05) is 52.4 Å². The number of nitrogens with one attached hydrogen (secondary N) is 1. The fourth-order valence-corrected chi connectivity index (χ4v) is 3.84. The lowest BCUT2D eigenvalue weighted by Gasteiger charge is -2.42. The summed E-state index contributed by atoms with van der Waals surface area (Å²) in [7, 11) is 1.51.